The summed E-state index contributed by atoms with van der Waals surface area (Å²) in [6.07, 6.45) is 4.91. The van der Waals surface area contributed by atoms with Gasteiger partial charge in [0.15, 0.2) is 0 Å². The molecule has 0 aromatic heterocycles. The lowest BCUT2D eigenvalue weighted by molar-refractivity contribution is 0.231. The molecule has 0 spiro atoms. The second-order valence-corrected chi connectivity index (χ2v) is 6.32. The minimum Gasteiger partial charge on any atom is -0.310 e. The average Bonchev–Trinajstić information content (AvgIpc) is 2.48. The Kier molecular flexibility index (Phi) is 8.63. The molecule has 0 aliphatic carbocycles. The van der Waals surface area contributed by atoms with Crippen molar-refractivity contribution in [3.8, 4) is 0 Å². The van der Waals surface area contributed by atoms with Crippen LogP contribution in [0.4, 0.5) is 0 Å². The minimum atomic E-state index is 0.474. The van der Waals surface area contributed by atoms with E-state index in [1.54, 1.807) is 0 Å². The van der Waals surface area contributed by atoms with Gasteiger partial charge in [-0.2, -0.15) is 0 Å². The fourth-order valence-corrected chi connectivity index (χ4v) is 2.70. The summed E-state index contributed by atoms with van der Waals surface area (Å²) < 4.78 is 0. The van der Waals surface area contributed by atoms with Crippen molar-refractivity contribution >= 4 is 0 Å². The molecule has 1 rings (SSSR count). The molecule has 0 aliphatic rings. The molecule has 0 saturated carbocycles. The molecule has 2 unspecified atom stereocenters. The number of benzene rings is 1. The van der Waals surface area contributed by atoms with Gasteiger partial charge in [-0.05, 0) is 58.8 Å². The van der Waals surface area contributed by atoms with Crippen molar-refractivity contribution in [2.24, 2.45) is 0 Å². The SMILES string of the molecule is CCCNC(CCN(C)C(C)CCC)c1ccc(C)cc1. The summed E-state index contributed by atoms with van der Waals surface area (Å²) in [6.45, 7) is 11.2. The van der Waals surface area contributed by atoms with E-state index in [1.165, 1.54) is 36.8 Å². The van der Waals surface area contributed by atoms with Crippen molar-refractivity contribution in [2.45, 2.75) is 65.5 Å². The molecule has 1 aromatic carbocycles. The molecule has 1 aromatic rings. The highest BCUT2D eigenvalue weighted by atomic mass is 15.1. The Balaban J connectivity index is 2.59. The molecule has 0 radical (unpaired) electrons. The summed E-state index contributed by atoms with van der Waals surface area (Å²) in [7, 11) is 2.26. The van der Waals surface area contributed by atoms with Crippen LogP contribution in [0.25, 0.3) is 0 Å². The van der Waals surface area contributed by atoms with E-state index < -0.39 is 0 Å². The molecule has 1 N–H and O–H groups in total. The molecule has 2 nitrogen and oxygen atoms in total. The molecule has 0 aliphatic heterocycles. The van der Waals surface area contributed by atoms with Gasteiger partial charge in [0, 0.05) is 12.1 Å². The van der Waals surface area contributed by atoms with Gasteiger partial charge in [0.2, 0.25) is 0 Å². The molecule has 0 fully saturated rings. The smallest absolute Gasteiger partial charge is 0.0332 e. The second kappa shape index (κ2) is 9.97. The van der Waals surface area contributed by atoms with Crippen LogP contribution in [0, 0.1) is 6.92 Å². The van der Waals surface area contributed by atoms with E-state index in [1.807, 2.05) is 0 Å². The summed E-state index contributed by atoms with van der Waals surface area (Å²) in [6, 6.07) is 10.1. The zero-order chi connectivity index (χ0) is 15.7. The first-order chi connectivity index (χ1) is 10.1. The molecular weight excluding hydrogens is 256 g/mol. The quantitative estimate of drug-likeness (QED) is 0.680. The number of rotatable bonds is 10. The maximum Gasteiger partial charge on any atom is 0.0332 e. The summed E-state index contributed by atoms with van der Waals surface area (Å²) in [5, 5.41) is 3.70. The third-order valence-corrected chi connectivity index (χ3v) is 4.35. The maximum atomic E-state index is 3.70. The van der Waals surface area contributed by atoms with Crippen molar-refractivity contribution in [3.05, 3.63) is 35.4 Å². The summed E-state index contributed by atoms with van der Waals surface area (Å²) in [4.78, 5) is 2.50. The minimum absolute atomic E-state index is 0.474. The zero-order valence-electron chi connectivity index (χ0n) is 14.7. The third-order valence-electron chi connectivity index (χ3n) is 4.35. The van der Waals surface area contributed by atoms with Gasteiger partial charge in [-0.25, -0.2) is 0 Å². The highest BCUT2D eigenvalue weighted by Crippen LogP contribution is 2.19. The van der Waals surface area contributed by atoms with Gasteiger partial charge in [0.1, 0.15) is 0 Å². The van der Waals surface area contributed by atoms with Crippen LogP contribution in [0.3, 0.4) is 0 Å². The number of nitrogens with one attached hydrogen (secondary N) is 1. The Morgan fingerprint density at radius 1 is 1.05 bits per heavy atom. The van der Waals surface area contributed by atoms with Gasteiger partial charge in [-0.3, -0.25) is 0 Å². The molecule has 2 atom stereocenters. The Morgan fingerprint density at radius 2 is 1.71 bits per heavy atom. The van der Waals surface area contributed by atoms with Crippen molar-refractivity contribution in [1.82, 2.24) is 10.2 Å². The highest BCUT2D eigenvalue weighted by Gasteiger charge is 2.14. The van der Waals surface area contributed by atoms with Gasteiger partial charge in [0.05, 0.1) is 0 Å². The zero-order valence-corrected chi connectivity index (χ0v) is 14.7. The van der Waals surface area contributed by atoms with Crippen LogP contribution in [0.15, 0.2) is 24.3 Å². The second-order valence-electron chi connectivity index (χ2n) is 6.32. The van der Waals surface area contributed by atoms with Crippen molar-refractivity contribution in [2.75, 3.05) is 20.1 Å². The van der Waals surface area contributed by atoms with E-state index >= 15 is 0 Å². The van der Waals surface area contributed by atoms with Crippen LogP contribution < -0.4 is 5.32 Å². The van der Waals surface area contributed by atoms with Crippen LogP contribution in [0.1, 0.15) is 63.6 Å². The van der Waals surface area contributed by atoms with Gasteiger partial charge >= 0.3 is 0 Å². The lowest BCUT2D eigenvalue weighted by Gasteiger charge is -2.27. The third kappa shape index (κ3) is 6.62. The number of aryl methyl sites for hydroxylation is 1. The van der Waals surface area contributed by atoms with Crippen LogP contribution in [0.2, 0.25) is 0 Å². The summed E-state index contributed by atoms with van der Waals surface area (Å²) in [5.74, 6) is 0. The van der Waals surface area contributed by atoms with Gasteiger partial charge in [-0.15, -0.1) is 0 Å². The van der Waals surface area contributed by atoms with E-state index in [4.69, 9.17) is 0 Å². The molecule has 0 bridgehead atoms. The van der Waals surface area contributed by atoms with Gasteiger partial charge in [-0.1, -0.05) is 50.1 Å². The van der Waals surface area contributed by atoms with Crippen molar-refractivity contribution < 1.29 is 0 Å². The first kappa shape index (κ1) is 18.2. The Hall–Kier alpha value is -0.860. The van der Waals surface area contributed by atoms with E-state index in [0.29, 0.717) is 12.1 Å². The van der Waals surface area contributed by atoms with E-state index in [0.717, 1.165) is 13.1 Å². The van der Waals surface area contributed by atoms with E-state index in [9.17, 15) is 0 Å². The lowest BCUT2D eigenvalue weighted by Crippen LogP contribution is -2.33. The first-order valence-corrected chi connectivity index (χ1v) is 8.58. The molecule has 0 heterocycles. The summed E-state index contributed by atoms with van der Waals surface area (Å²) in [5.41, 5.74) is 2.76. The van der Waals surface area contributed by atoms with Gasteiger partial charge < -0.3 is 10.2 Å². The fourth-order valence-electron chi connectivity index (χ4n) is 2.70. The Morgan fingerprint density at radius 3 is 2.29 bits per heavy atom. The fraction of sp³-hybridized carbons (Fsp3) is 0.684. The largest absolute Gasteiger partial charge is 0.310 e. The monoisotopic (exact) mass is 290 g/mol. The van der Waals surface area contributed by atoms with Crippen LogP contribution >= 0.6 is 0 Å². The maximum absolute atomic E-state index is 3.70. The van der Waals surface area contributed by atoms with Crippen molar-refractivity contribution in [1.29, 1.82) is 0 Å². The van der Waals surface area contributed by atoms with E-state index in [-0.39, 0.29) is 0 Å². The number of hydrogen-bond acceptors (Lipinski definition) is 2. The van der Waals surface area contributed by atoms with Crippen LogP contribution in [-0.2, 0) is 0 Å². The Labute approximate surface area is 131 Å². The number of nitrogens with zero attached hydrogens (tertiary/aromatic N) is 1. The van der Waals surface area contributed by atoms with E-state index in [2.05, 4.69) is 69.2 Å². The Bertz CT molecular complexity index is 372. The molecule has 21 heavy (non-hydrogen) atoms. The predicted molar refractivity (Wildman–Crippen MR) is 93.8 cm³/mol. The van der Waals surface area contributed by atoms with Crippen LogP contribution in [-0.4, -0.2) is 31.1 Å². The summed E-state index contributed by atoms with van der Waals surface area (Å²) >= 11 is 0. The molecule has 0 amide bonds. The lowest BCUT2D eigenvalue weighted by atomic mass is 10.0. The molecular formula is C19H34N2. The normalized spacial score (nSPS) is 14.4. The van der Waals surface area contributed by atoms with Crippen LogP contribution in [0.5, 0.6) is 0 Å². The number of hydrogen-bond donors (Lipinski definition) is 1. The van der Waals surface area contributed by atoms with Crippen molar-refractivity contribution in [3.63, 3.8) is 0 Å². The first-order valence-electron chi connectivity index (χ1n) is 8.58. The van der Waals surface area contributed by atoms with Gasteiger partial charge in [0.25, 0.3) is 0 Å². The molecule has 0 saturated heterocycles. The predicted octanol–water partition coefficient (Wildman–Crippen LogP) is 4.55. The average molecular weight is 290 g/mol. The highest BCUT2D eigenvalue weighted by molar-refractivity contribution is 5.24. The topological polar surface area (TPSA) is 15.3 Å². The molecule has 120 valence electrons. The standard InChI is InChI=1S/C19H34N2/c1-6-8-17(4)21(5)15-13-19(20-14-7-2)18-11-9-16(3)10-12-18/h9-12,17,19-20H,6-8,13-15H2,1-5H3. The molecule has 2 heteroatoms.